The van der Waals surface area contributed by atoms with Crippen LogP contribution in [0.2, 0.25) is 0 Å². The van der Waals surface area contributed by atoms with Gasteiger partial charge in [0, 0.05) is 38.3 Å². The maximum Gasteiger partial charge on any atom is 0.433 e. The predicted molar refractivity (Wildman–Crippen MR) is 134 cm³/mol. The molecule has 1 aromatic heterocycles. The third kappa shape index (κ3) is 6.27. The number of nitrogens with zero attached hydrogens (tertiary/aromatic N) is 3. The quantitative estimate of drug-likeness (QED) is 0.615. The van der Waals surface area contributed by atoms with Gasteiger partial charge in [-0.15, -0.1) is 0 Å². The van der Waals surface area contributed by atoms with Gasteiger partial charge in [-0.25, -0.2) is 0 Å². The van der Waals surface area contributed by atoms with Crippen LogP contribution >= 0.6 is 0 Å². The summed E-state index contributed by atoms with van der Waals surface area (Å²) in [6.45, 7) is 10.3. The van der Waals surface area contributed by atoms with Gasteiger partial charge in [-0.2, -0.15) is 13.2 Å². The summed E-state index contributed by atoms with van der Waals surface area (Å²) in [6.07, 6.45) is -0.481. The molecule has 2 aliphatic rings. The molecule has 2 fully saturated rings. The highest BCUT2D eigenvalue weighted by Crippen LogP contribution is 2.36. The highest BCUT2D eigenvalue weighted by Gasteiger charge is 2.41. The lowest BCUT2D eigenvalue weighted by molar-refractivity contribution is -0.141. The van der Waals surface area contributed by atoms with E-state index in [1.165, 1.54) is 12.3 Å². The van der Waals surface area contributed by atoms with Gasteiger partial charge in [-0.1, -0.05) is 57.2 Å². The molecule has 4 rings (SSSR count). The van der Waals surface area contributed by atoms with Crippen molar-refractivity contribution in [3.8, 4) is 0 Å². The van der Waals surface area contributed by atoms with Crippen LogP contribution in [-0.4, -0.2) is 59.5 Å². The molecule has 5 nitrogen and oxygen atoms in total. The van der Waals surface area contributed by atoms with E-state index in [9.17, 15) is 18.0 Å². The lowest BCUT2D eigenvalue weighted by atomic mass is 9.82. The first-order chi connectivity index (χ1) is 17.0. The van der Waals surface area contributed by atoms with Crippen molar-refractivity contribution in [1.82, 2.24) is 20.1 Å². The van der Waals surface area contributed by atoms with Gasteiger partial charge in [0.1, 0.15) is 5.69 Å². The molecule has 2 saturated heterocycles. The zero-order chi connectivity index (χ0) is 25.9. The molecule has 0 radical (unpaired) electrons. The second kappa shape index (κ2) is 10.9. The molecule has 36 heavy (non-hydrogen) atoms. The number of piperazine rings is 1. The van der Waals surface area contributed by atoms with Crippen LogP contribution in [-0.2, 0) is 11.0 Å². The zero-order valence-corrected chi connectivity index (χ0v) is 21.4. The summed E-state index contributed by atoms with van der Waals surface area (Å²) in [7, 11) is 0. The Morgan fingerprint density at radius 1 is 1.03 bits per heavy atom. The molecule has 2 unspecified atom stereocenters. The summed E-state index contributed by atoms with van der Waals surface area (Å²) in [4.78, 5) is 21.5. The second-order valence-corrected chi connectivity index (χ2v) is 11.1. The number of amides is 1. The Labute approximate surface area is 212 Å². The predicted octanol–water partition coefficient (Wildman–Crippen LogP) is 5.14. The van der Waals surface area contributed by atoms with Gasteiger partial charge in [0.15, 0.2) is 0 Å². The minimum absolute atomic E-state index is 0.00548. The van der Waals surface area contributed by atoms with E-state index in [1.807, 2.05) is 30.3 Å². The van der Waals surface area contributed by atoms with Gasteiger partial charge in [0.25, 0.3) is 0 Å². The number of hydrogen-bond donors (Lipinski definition) is 1. The molecule has 8 heteroatoms. The third-order valence-corrected chi connectivity index (χ3v) is 7.53. The Morgan fingerprint density at radius 3 is 2.31 bits per heavy atom. The minimum Gasteiger partial charge on any atom is -0.337 e. The fourth-order valence-electron chi connectivity index (χ4n) is 5.51. The van der Waals surface area contributed by atoms with Crippen molar-refractivity contribution in [3.05, 3.63) is 65.5 Å². The summed E-state index contributed by atoms with van der Waals surface area (Å²) in [5.74, 6) is 0.640. The van der Waals surface area contributed by atoms with Crippen molar-refractivity contribution in [2.75, 3.05) is 32.7 Å². The first kappa shape index (κ1) is 26.6. The number of aromatic nitrogens is 1. The maximum absolute atomic E-state index is 13.4. The Morgan fingerprint density at radius 2 is 1.72 bits per heavy atom. The minimum atomic E-state index is -4.47. The Balaban J connectivity index is 1.59. The van der Waals surface area contributed by atoms with Crippen LogP contribution in [0.3, 0.4) is 0 Å². The van der Waals surface area contributed by atoms with Gasteiger partial charge in [0.2, 0.25) is 5.91 Å². The molecule has 2 aromatic rings. The van der Waals surface area contributed by atoms with Crippen molar-refractivity contribution in [1.29, 1.82) is 0 Å². The van der Waals surface area contributed by atoms with E-state index in [-0.39, 0.29) is 23.4 Å². The van der Waals surface area contributed by atoms with Gasteiger partial charge in [-0.05, 0) is 54.5 Å². The number of alkyl halides is 3. The molecule has 2 atom stereocenters. The van der Waals surface area contributed by atoms with Crippen LogP contribution in [0.1, 0.15) is 62.9 Å². The molecule has 0 aliphatic carbocycles. The van der Waals surface area contributed by atoms with Crippen LogP contribution in [0, 0.1) is 11.3 Å². The highest BCUT2D eigenvalue weighted by molar-refractivity contribution is 5.77. The van der Waals surface area contributed by atoms with Crippen molar-refractivity contribution in [3.63, 3.8) is 0 Å². The second-order valence-electron chi connectivity index (χ2n) is 11.1. The van der Waals surface area contributed by atoms with Crippen LogP contribution in [0.25, 0.3) is 0 Å². The van der Waals surface area contributed by atoms with E-state index < -0.39 is 11.9 Å². The fourth-order valence-corrected chi connectivity index (χ4v) is 5.51. The largest absolute Gasteiger partial charge is 0.433 e. The van der Waals surface area contributed by atoms with Gasteiger partial charge < -0.3 is 10.2 Å². The number of carbonyl (C=O) groups is 1. The first-order valence-electron chi connectivity index (χ1n) is 12.9. The summed E-state index contributed by atoms with van der Waals surface area (Å²) < 4.78 is 39.5. The van der Waals surface area contributed by atoms with Crippen molar-refractivity contribution >= 4 is 5.91 Å². The number of nitrogens with one attached hydrogen (secondary N) is 1. The van der Waals surface area contributed by atoms with Crippen molar-refractivity contribution in [2.24, 2.45) is 11.3 Å². The molecule has 3 heterocycles. The molecule has 196 valence electrons. The lowest BCUT2D eigenvalue weighted by Gasteiger charge is -2.49. The average molecular weight is 503 g/mol. The molecular formula is C28H37F3N4O. The molecule has 0 saturated carbocycles. The van der Waals surface area contributed by atoms with Crippen LogP contribution < -0.4 is 5.32 Å². The molecule has 0 bridgehead atoms. The monoisotopic (exact) mass is 502 g/mol. The van der Waals surface area contributed by atoms with E-state index in [1.54, 1.807) is 0 Å². The van der Waals surface area contributed by atoms with E-state index in [4.69, 9.17) is 0 Å². The SMILES string of the molecule is CC(C)(C)C1CN(C(c2ccccc2)c2ccc(C(F)(F)F)nc2)CCN1C(=O)CC1CCNCC1. The number of halogens is 3. The summed E-state index contributed by atoms with van der Waals surface area (Å²) in [5, 5.41) is 3.36. The highest BCUT2D eigenvalue weighted by atomic mass is 19.4. The van der Waals surface area contributed by atoms with Crippen LogP contribution in [0.4, 0.5) is 13.2 Å². The normalized spacial score (nSPS) is 21.4. The molecular weight excluding hydrogens is 465 g/mol. The van der Waals surface area contributed by atoms with Gasteiger partial charge >= 0.3 is 6.18 Å². The van der Waals surface area contributed by atoms with Gasteiger partial charge in [-0.3, -0.25) is 14.7 Å². The Hall–Kier alpha value is -2.45. The summed E-state index contributed by atoms with van der Waals surface area (Å²) in [5.41, 5.74) is 0.679. The zero-order valence-electron chi connectivity index (χ0n) is 21.4. The standard InChI is InChI=1S/C28H37F3N4O/c1-27(2,3)24-19-34(15-16-35(24)25(36)17-20-11-13-32-14-12-20)26(21-7-5-4-6-8-21)22-9-10-23(33-18-22)28(29,30)31/h4-10,18,20,24,26,32H,11-17,19H2,1-3H3. The van der Waals surface area contributed by atoms with E-state index in [0.717, 1.165) is 43.1 Å². The van der Waals surface area contributed by atoms with E-state index in [2.05, 4.69) is 40.9 Å². The number of carbonyl (C=O) groups excluding carboxylic acids is 1. The molecule has 1 amide bonds. The topological polar surface area (TPSA) is 48.5 Å². The molecule has 2 aliphatic heterocycles. The van der Waals surface area contributed by atoms with E-state index in [0.29, 0.717) is 32.0 Å². The number of rotatable bonds is 5. The maximum atomic E-state index is 13.4. The third-order valence-electron chi connectivity index (χ3n) is 7.53. The van der Waals surface area contributed by atoms with Crippen molar-refractivity contribution in [2.45, 2.75) is 58.3 Å². The smallest absolute Gasteiger partial charge is 0.337 e. The van der Waals surface area contributed by atoms with Crippen molar-refractivity contribution < 1.29 is 18.0 Å². The number of piperidine rings is 1. The molecule has 0 spiro atoms. The van der Waals surface area contributed by atoms with Crippen LogP contribution in [0.15, 0.2) is 48.7 Å². The van der Waals surface area contributed by atoms with Crippen LogP contribution in [0.5, 0.6) is 0 Å². The first-order valence-corrected chi connectivity index (χ1v) is 12.9. The lowest BCUT2D eigenvalue weighted by Crippen LogP contribution is -2.60. The summed E-state index contributed by atoms with van der Waals surface area (Å²) in [6, 6.07) is 12.2. The number of pyridine rings is 1. The Kier molecular flexibility index (Phi) is 8.05. The Bertz CT molecular complexity index is 998. The fraction of sp³-hybridized carbons (Fsp3) is 0.571. The summed E-state index contributed by atoms with van der Waals surface area (Å²) >= 11 is 0. The number of benzene rings is 1. The van der Waals surface area contributed by atoms with E-state index >= 15 is 0 Å². The molecule has 1 aromatic carbocycles. The average Bonchev–Trinajstić information content (AvgIpc) is 2.85. The number of hydrogen-bond acceptors (Lipinski definition) is 4. The van der Waals surface area contributed by atoms with Gasteiger partial charge in [0.05, 0.1) is 6.04 Å². The molecule has 1 N–H and O–H groups in total.